The van der Waals surface area contributed by atoms with Crippen LogP contribution in [-0.2, 0) is 40.7 Å². The third kappa shape index (κ3) is 5.80. The first kappa shape index (κ1) is 23.0. The second-order valence-corrected chi connectivity index (χ2v) is 10.1. The summed E-state index contributed by atoms with van der Waals surface area (Å²) in [6.07, 6.45) is 2.01. The molecule has 172 valence electrons. The SMILES string of the molecule is CNS(=O)(=O)c1ccc(CCC(=O)NCc2ccc(CN3CCc4ccccc43)cc2)cc1. The Morgan fingerprint density at radius 2 is 1.58 bits per heavy atom. The summed E-state index contributed by atoms with van der Waals surface area (Å²) in [5.41, 5.74) is 5.98. The molecule has 0 saturated heterocycles. The second kappa shape index (κ2) is 10.2. The summed E-state index contributed by atoms with van der Waals surface area (Å²) in [6, 6.07) is 23.6. The monoisotopic (exact) mass is 463 g/mol. The third-order valence-electron chi connectivity index (χ3n) is 6.01. The molecule has 0 bridgehead atoms. The highest BCUT2D eigenvalue weighted by molar-refractivity contribution is 7.89. The van der Waals surface area contributed by atoms with Gasteiger partial charge in [-0.3, -0.25) is 4.79 Å². The molecule has 1 heterocycles. The van der Waals surface area contributed by atoms with Crippen molar-refractivity contribution in [3.8, 4) is 0 Å². The quantitative estimate of drug-likeness (QED) is 0.510. The van der Waals surface area contributed by atoms with Crippen molar-refractivity contribution < 1.29 is 13.2 Å². The van der Waals surface area contributed by atoms with Crippen molar-refractivity contribution in [2.75, 3.05) is 18.5 Å². The van der Waals surface area contributed by atoms with Gasteiger partial charge in [-0.15, -0.1) is 0 Å². The Morgan fingerprint density at radius 1 is 0.909 bits per heavy atom. The minimum Gasteiger partial charge on any atom is -0.367 e. The molecule has 3 aromatic carbocycles. The summed E-state index contributed by atoms with van der Waals surface area (Å²) >= 11 is 0. The van der Waals surface area contributed by atoms with Crippen molar-refractivity contribution in [1.29, 1.82) is 0 Å². The zero-order valence-corrected chi connectivity index (χ0v) is 19.6. The Kier molecular flexibility index (Phi) is 7.11. The average molecular weight is 464 g/mol. The Labute approximate surface area is 195 Å². The highest BCUT2D eigenvalue weighted by Crippen LogP contribution is 2.28. The van der Waals surface area contributed by atoms with Crippen LogP contribution in [0.15, 0.2) is 77.7 Å². The van der Waals surface area contributed by atoms with E-state index in [4.69, 9.17) is 0 Å². The summed E-state index contributed by atoms with van der Waals surface area (Å²) < 4.78 is 25.8. The van der Waals surface area contributed by atoms with E-state index >= 15 is 0 Å². The molecule has 1 amide bonds. The molecule has 0 saturated carbocycles. The number of para-hydroxylation sites is 1. The summed E-state index contributed by atoms with van der Waals surface area (Å²) in [7, 11) is -2.06. The first-order valence-electron chi connectivity index (χ1n) is 11.1. The normalized spacial score (nSPS) is 13.1. The van der Waals surface area contributed by atoms with Crippen LogP contribution in [0.3, 0.4) is 0 Å². The number of rotatable bonds is 9. The molecule has 0 aliphatic carbocycles. The third-order valence-corrected chi connectivity index (χ3v) is 7.44. The number of aryl methyl sites for hydroxylation is 1. The minimum atomic E-state index is -3.44. The number of carbonyl (C=O) groups excluding carboxylic acids is 1. The first-order chi connectivity index (χ1) is 15.9. The van der Waals surface area contributed by atoms with Crippen LogP contribution in [0.2, 0.25) is 0 Å². The zero-order valence-electron chi connectivity index (χ0n) is 18.8. The molecule has 2 N–H and O–H groups in total. The van der Waals surface area contributed by atoms with Crippen LogP contribution in [0.1, 0.15) is 28.7 Å². The lowest BCUT2D eigenvalue weighted by molar-refractivity contribution is -0.121. The number of carbonyl (C=O) groups is 1. The van der Waals surface area contributed by atoms with Crippen LogP contribution in [0.25, 0.3) is 0 Å². The van der Waals surface area contributed by atoms with E-state index in [0.29, 0.717) is 19.4 Å². The number of nitrogens with zero attached hydrogens (tertiary/aromatic N) is 1. The average Bonchev–Trinajstić information content (AvgIpc) is 3.25. The van der Waals surface area contributed by atoms with Crippen LogP contribution in [-0.4, -0.2) is 27.9 Å². The van der Waals surface area contributed by atoms with E-state index in [1.54, 1.807) is 24.3 Å². The maximum Gasteiger partial charge on any atom is 0.240 e. The van der Waals surface area contributed by atoms with Gasteiger partial charge in [0.2, 0.25) is 15.9 Å². The number of hydrogen-bond acceptors (Lipinski definition) is 4. The molecule has 0 radical (unpaired) electrons. The lowest BCUT2D eigenvalue weighted by Crippen LogP contribution is -2.23. The van der Waals surface area contributed by atoms with Gasteiger partial charge in [0, 0.05) is 31.7 Å². The van der Waals surface area contributed by atoms with Crippen LogP contribution in [0, 0.1) is 0 Å². The molecule has 0 spiro atoms. The Hall–Kier alpha value is -3.16. The molecular formula is C26H29N3O3S. The molecule has 3 aromatic rings. The standard InChI is InChI=1S/C26H29N3O3S/c1-27-33(31,32)24-13-10-20(11-14-24)12-15-26(30)28-18-21-6-8-22(9-7-21)19-29-17-16-23-4-2-3-5-25(23)29/h2-11,13-14,27H,12,15-19H2,1H3,(H,28,30). The fraction of sp³-hybridized carbons (Fsp3) is 0.269. The van der Waals surface area contributed by atoms with E-state index in [2.05, 4.69) is 63.5 Å². The highest BCUT2D eigenvalue weighted by atomic mass is 32.2. The molecule has 6 nitrogen and oxygen atoms in total. The lowest BCUT2D eigenvalue weighted by atomic mass is 10.1. The number of anilines is 1. The number of amides is 1. The van der Waals surface area contributed by atoms with Gasteiger partial charge in [0.15, 0.2) is 0 Å². The molecule has 0 aromatic heterocycles. The lowest BCUT2D eigenvalue weighted by Gasteiger charge is -2.19. The summed E-state index contributed by atoms with van der Waals surface area (Å²) in [6.45, 7) is 2.42. The summed E-state index contributed by atoms with van der Waals surface area (Å²) in [4.78, 5) is 14.9. The van der Waals surface area contributed by atoms with E-state index in [-0.39, 0.29) is 10.8 Å². The summed E-state index contributed by atoms with van der Waals surface area (Å²) in [5, 5.41) is 2.96. The fourth-order valence-corrected chi connectivity index (χ4v) is 4.78. The molecule has 4 rings (SSSR count). The van der Waals surface area contributed by atoms with Crippen molar-refractivity contribution in [2.24, 2.45) is 0 Å². The minimum absolute atomic E-state index is 0.0281. The van der Waals surface area contributed by atoms with Crippen LogP contribution < -0.4 is 14.9 Å². The van der Waals surface area contributed by atoms with Crippen molar-refractivity contribution in [1.82, 2.24) is 10.0 Å². The van der Waals surface area contributed by atoms with Crippen molar-refractivity contribution in [2.45, 2.75) is 37.2 Å². The highest BCUT2D eigenvalue weighted by Gasteiger charge is 2.18. The van der Waals surface area contributed by atoms with Crippen molar-refractivity contribution in [3.05, 3.63) is 95.1 Å². The fourth-order valence-electron chi connectivity index (χ4n) is 4.05. The molecule has 33 heavy (non-hydrogen) atoms. The maximum atomic E-state index is 12.3. The predicted octanol–water partition coefficient (Wildman–Crippen LogP) is 3.41. The smallest absolute Gasteiger partial charge is 0.240 e. The zero-order chi connectivity index (χ0) is 23.3. The first-order valence-corrected chi connectivity index (χ1v) is 12.6. The number of fused-ring (bicyclic) bond motifs is 1. The van der Waals surface area contributed by atoms with E-state index < -0.39 is 10.0 Å². The maximum absolute atomic E-state index is 12.3. The van der Waals surface area contributed by atoms with Gasteiger partial charge < -0.3 is 10.2 Å². The van der Waals surface area contributed by atoms with Crippen molar-refractivity contribution in [3.63, 3.8) is 0 Å². The van der Waals surface area contributed by atoms with Crippen LogP contribution >= 0.6 is 0 Å². The van der Waals surface area contributed by atoms with Gasteiger partial charge in [0.1, 0.15) is 0 Å². The van der Waals surface area contributed by atoms with Gasteiger partial charge in [-0.1, -0.05) is 54.6 Å². The van der Waals surface area contributed by atoms with E-state index in [9.17, 15) is 13.2 Å². The molecule has 0 fully saturated rings. The molecular weight excluding hydrogens is 434 g/mol. The predicted molar refractivity (Wildman–Crippen MR) is 130 cm³/mol. The Balaban J connectivity index is 1.23. The van der Waals surface area contributed by atoms with Crippen LogP contribution in [0.5, 0.6) is 0 Å². The number of hydrogen-bond donors (Lipinski definition) is 2. The number of nitrogens with one attached hydrogen (secondary N) is 2. The Bertz CT molecular complexity index is 1210. The molecule has 7 heteroatoms. The van der Waals surface area contributed by atoms with E-state index in [1.165, 1.54) is 23.9 Å². The second-order valence-electron chi connectivity index (χ2n) is 8.25. The van der Waals surface area contributed by atoms with Gasteiger partial charge in [-0.05, 0) is 60.3 Å². The van der Waals surface area contributed by atoms with E-state index in [0.717, 1.165) is 30.6 Å². The Morgan fingerprint density at radius 3 is 2.30 bits per heavy atom. The van der Waals surface area contributed by atoms with Gasteiger partial charge in [0.05, 0.1) is 4.90 Å². The molecule has 1 aliphatic heterocycles. The number of sulfonamides is 1. The van der Waals surface area contributed by atoms with Crippen LogP contribution in [0.4, 0.5) is 5.69 Å². The number of benzene rings is 3. The van der Waals surface area contributed by atoms with Gasteiger partial charge >= 0.3 is 0 Å². The summed E-state index contributed by atoms with van der Waals surface area (Å²) in [5.74, 6) is -0.0281. The van der Waals surface area contributed by atoms with Gasteiger partial charge in [0.25, 0.3) is 0 Å². The van der Waals surface area contributed by atoms with Gasteiger partial charge in [-0.2, -0.15) is 0 Å². The molecule has 0 unspecified atom stereocenters. The molecule has 0 atom stereocenters. The van der Waals surface area contributed by atoms with E-state index in [1.807, 2.05) is 0 Å². The van der Waals surface area contributed by atoms with Crippen molar-refractivity contribution >= 4 is 21.6 Å². The van der Waals surface area contributed by atoms with Gasteiger partial charge in [-0.25, -0.2) is 13.1 Å². The molecule has 1 aliphatic rings. The largest absolute Gasteiger partial charge is 0.367 e. The topological polar surface area (TPSA) is 78.5 Å².